The van der Waals surface area contributed by atoms with Gasteiger partial charge >= 0.3 is 6.18 Å². The molecule has 0 saturated heterocycles. The summed E-state index contributed by atoms with van der Waals surface area (Å²) in [6.45, 7) is 8.10. The lowest BCUT2D eigenvalue weighted by molar-refractivity contribution is -0.141. The summed E-state index contributed by atoms with van der Waals surface area (Å²) in [6.07, 6.45) is -3.86. The van der Waals surface area contributed by atoms with Crippen LogP contribution in [0.25, 0.3) is 11.4 Å². The number of aromatic nitrogens is 7. The fourth-order valence-corrected chi connectivity index (χ4v) is 5.54. The Hall–Kier alpha value is -3.41. The van der Waals surface area contributed by atoms with E-state index in [1.54, 1.807) is 18.3 Å². The van der Waals surface area contributed by atoms with Crippen molar-refractivity contribution >= 4 is 17.3 Å². The van der Waals surface area contributed by atoms with E-state index in [-0.39, 0.29) is 23.6 Å². The molecule has 4 heterocycles. The monoisotopic (exact) mass is 500 g/mol. The molecule has 182 valence electrons. The number of tetrazole rings is 1. The van der Waals surface area contributed by atoms with Crippen LogP contribution in [0.1, 0.15) is 58.0 Å². The fraction of sp³-hybridized carbons (Fsp3) is 0.391. The van der Waals surface area contributed by atoms with E-state index in [0.29, 0.717) is 18.8 Å². The highest BCUT2D eigenvalue weighted by Gasteiger charge is 2.39. The van der Waals surface area contributed by atoms with Gasteiger partial charge in [-0.05, 0) is 48.2 Å². The number of H-pyrrole nitrogens is 1. The van der Waals surface area contributed by atoms with Crippen LogP contribution in [0.15, 0.2) is 24.3 Å². The van der Waals surface area contributed by atoms with E-state index >= 15 is 0 Å². The van der Waals surface area contributed by atoms with Gasteiger partial charge in [0.05, 0.1) is 23.3 Å². The number of nitrogens with zero attached hydrogens (tertiary/aromatic N) is 7. The summed E-state index contributed by atoms with van der Waals surface area (Å²) < 4.78 is 40.1. The van der Waals surface area contributed by atoms with Gasteiger partial charge in [-0.2, -0.15) is 18.4 Å². The van der Waals surface area contributed by atoms with Crippen LogP contribution >= 0.6 is 11.3 Å². The Bertz CT molecular complexity index is 1360. The number of halogens is 3. The summed E-state index contributed by atoms with van der Waals surface area (Å²) in [7, 11) is 0. The molecule has 0 fully saturated rings. The van der Waals surface area contributed by atoms with E-state index in [1.165, 1.54) is 0 Å². The number of hydrogen-bond donors (Lipinski definition) is 1. The molecular formula is C23H23F3N8S. The van der Waals surface area contributed by atoms with Gasteiger partial charge < -0.3 is 4.90 Å². The van der Waals surface area contributed by atoms with Gasteiger partial charge in [0.25, 0.3) is 0 Å². The second-order valence-electron chi connectivity index (χ2n) is 8.98. The quantitative estimate of drug-likeness (QED) is 0.409. The lowest BCUT2D eigenvalue weighted by Crippen LogP contribution is -2.29. The van der Waals surface area contributed by atoms with E-state index in [2.05, 4.69) is 30.6 Å². The average Bonchev–Trinajstić information content (AvgIpc) is 3.50. The molecule has 1 atom stereocenters. The molecule has 5 rings (SSSR count). The Labute approximate surface area is 203 Å². The number of anilines is 1. The molecule has 0 spiro atoms. The van der Waals surface area contributed by atoms with Gasteiger partial charge in [-0.3, -0.25) is 0 Å². The van der Waals surface area contributed by atoms with Crippen molar-refractivity contribution in [2.24, 2.45) is 5.92 Å². The number of hydrogen-bond acceptors (Lipinski definition) is 8. The van der Waals surface area contributed by atoms with E-state index in [0.717, 1.165) is 38.3 Å². The van der Waals surface area contributed by atoms with Crippen molar-refractivity contribution in [1.29, 1.82) is 0 Å². The zero-order valence-corrected chi connectivity index (χ0v) is 20.4. The first-order chi connectivity index (χ1) is 16.6. The molecule has 0 saturated carbocycles. The highest BCUT2D eigenvalue weighted by atomic mass is 32.1. The highest BCUT2D eigenvalue weighted by molar-refractivity contribution is 7.11. The molecule has 1 N–H and O–H groups in total. The number of nitrogens with one attached hydrogen (secondary N) is 1. The van der Waals surface area contributed by atoms with Crippen molar-refractivity contribution in [3.8, 4) is 11.4 Å². The number of alkyl halides is 3. The number of aryl methyl sites for hydroxylation is 2. The smallest absolute Gasteiger partial charge is 0.327 e. The Morgan fingerprint density at radius 2 is 1.94 bits per heavy atom. The summed E-state index contributed by atoms with van der Waals surface area (Å²) in [6, 6.07) is 6.80. The minimum atomic E-state index is -4.52. The van der Waals surface area contributed by atoms with Crippen molar-refractivity contribution in [3.05, 3.63) is 62.4 Å². The molecule has 0 unspecified atom stereocenters. The van der Waals surface area contributed by atoms with Crippen LogP contribution in [0.4, 0.5) is 19.1 Å². The minimum absolute atomic E-state index is 0.0932. The molecule has 12 heteroatoms. The van der Waals surface area contributed by atoms with Gasteiger partial charge in [-0.15, -0.1) is 21.5 Å². The molecule has 0 aliphatic carbocycles. The van der Waals surface area contributed by atoms with Gasteiger partial charge in [-0.1, -0.05) is 26.0 Å². The number of benzene rings is 1. The molecular weight excluding hydrogens is 477 g/mol. The van der Waals surface area contributed by atoms with Crippen molar-refractivity contribution in [2.45, 2.75) is 52.9 Å². The summed E-state index contributed by atoms with van der Waals surface area (Å²) in [5.41, 5.74) is 3.38. The number of thiazole rings is 1. The number of rotatable bonds is 5. The largest absolute Gasteiger partial charge is 0.433 e. The summed E-state index contributed by atoms with van der Waals surface area (Å²) in [4.78, 5) is 16.0. The minimum Gasteiger partial charge on any atom is -0.327 e. The topological polar surface area (TPSA) is 96.4 Å². The molecule has 0 radical (unpaired) electrons. The van der Waals surface area contributed by atoms with Crippen molar-refractivity contribution in [1.82, 2.24) is 35.6 Å². The normalized spacial score (nSPS) is 15.8. The molecule has 8 nitrogen and oxygen atoms in total. The summed E-state index contributed by atoms with van der Waals surface area (Å²) >= 11 is 1.59. The molecule has 1 aromatic carbocycles. The number of fused-ring (bicyclic) bond motifs is 1. The molecule has 35 heavy (non-hydrogen) atoms. The van der Waals surface area contributed by atoms with Crippen LogP contribution in [0.5, 0.6) is 0 Å². The first kappa shape index (κ1) is 23.3. The third kappa shape index (κ3) is 4.49. The Balaban J connectivity index is 1.42. The van der Waals surface area contributed by atoms with Crippen LogP contribution in [-0.4, -0.2) is 35.6 Å². The zero-order chi connectivity index (χ0) is 24.9. The predicted molar refractivity (Wildman–Crippen MR) is 125 cm³/mol. The van der Waals surface area contributed by atoms with Gasteiger partial charge in [-0.25, -0.2) is 15.0 Å². The summed E-state index contributed by atoms with van der Waals surface area (Å²) in [5.74, 6) is 0.746. The average molecular weight is 501 g/mol. The standard InChI is InChI=1S/C23H23F3N8S/c1-11(2)20-19-16(10-34(20)22-27-13(4)8-17(28-22)23(24,25)26)35-18(29-19)9-14-5-6-15(7-12(14)3)21-30-32-33-31-21/h5-8,11,20H,9-10H2,1-4H3,(H,30,31,32,33)/t20-/m1/s1. The van der Waals surface area contributed by atoms with E-state index in [1.807, 2.05) is 43.9 Å². The Morgan fingerprint density at radius 3 is 2.60 bits per heavy atom. The molecule has 3 aromatic heterocycles. The molecule has 0 amide bonds. The third-order valence-corrected chi connectivity index (χ3v) is 7.07. The second-order valence-corrected chi connectivity index (χ2v) is 10.1. The van der Waals surface area contributed by atoms with Crippen molar-refractivity contribution in [3.63, 3.8) is 0 Å². The van der Waals surface area contributed by atoms with Gasteiger partial charge in [0.15, 0.2) is 0 Å². The van der Waals surface area contributed by atoms with E-state index in [9.17, 15) is 13.2 Å². The van der Waals surface area contributed by atoms with Crippen LogP contribution in [0.2, 0.25) is 0 Å². The first-order valence-electron chi connectivity index (χ1n) is 11.1. The lowest BCUT2D eigenvalue weighted by atomic mass is 10.0. The van der Waals surface area contributed by atoms with Gasteiger partial charge in [0, 0.05) is 22.6 Å². The van der Waals surface area contributed by atoms with Gasteiger partial charge in [0.1, 0.15) is 5.69 Å². The van der Waals surface area contributed by atoms with Crippen molar-refractivity contribution < 1.29 is 13.2 Å². The van der Waals surface area contributed by atoms with Crippen LogP contribution < -0.4 is 4.90 Å². The zero-order valence-electron chi connectivity index (χ0n) is 19.6. The van der Waals surface area contributed by atoms with E-state index in [4.69, 9.17) is 4.98 Å². The van der Waals surface area contributed by atoms with Crippen LogP contribution in [0.3, 0.4) is 0 Å². The maximum atomic E-state index is 13.4. The SMILES string of the molecule is Cc1cc(C(F)(F)F)nc(N2Cc3sc(Cc4ccc(-c5nn[nH]n5)cc4C)nc3[C@H]2C(C)C)n1. The third-order valence-electron chi connectivity index (χ3n) is 6.01. The second kappa shape index (κ2) is 8.67. The Morgan fingerprint density at radius 1 is 1.14 bits per heavy atom. The number of aromatic amines is 1. The maximum absolute atomic E-state index is 13.4. The molecule has 1 aliphatic heterocycles. The van der Waals surface area contributed by atoms with Crippen LogP contribution in [-0.2, 0) is 19.1 Å². The lowest BCUT2D eigenvalue weighted by Gasteiger charge is -2.28. The maximum Gasteiger partial charge on any atom is 0.433 e. The van der Waals surface area contributed by atoms with Crippen LogP contribution in [0, 0.1) is 19.8 Å². The predicted octanol–water partition coefficient (Wildman–Crippen LogP) is 5.06. The van der Waals surface area contributed by atoms with Gasteiger partial charge in [0.2, 0.25) is 11.8 Å². The van der Waals surface area contributed by atoms with E-state index < -0.39 is 11.9 Å². The molecule has 1 aliphatic rings. The molecule has 4 aromatic rings. The first-order valence-corrected chi connectivity index (χ1v) is 11.9. The fourth-order valence-electron chi connectivity index (χ4n) is 4.41. The Kier molecular flexibility index (Phi) is 5.78. The summed E-state index contributed by atoms with van der Waals surface area (Å²) in [5, 5.41) is 15.1. The molecule has 0 bridgehead atoms. The highest BCUT2D eigenvalue weighted by Crippen LogP contribution is 2.43. The van der Waals surface area contributed by atoms with Crippen molar-refractivity contribution in [2.75, 3.05) is 4.90 Å².